The molecule has 0 aliphatic carbocycles. The fraction of sp³-hybridized carbons (Fsp3) is 0.190. The quantitative estimate of drug-likeness (QED) is 0.561. The van der Waals surface area contributed by atoms with Crippen LogP contribution in [-0.2, 0) is 13.0 Å². The Bertz CT molecular complexity index is 1140. The van der Waals surface area contributed by atoms with Gasteiger partial charge in [-0.2, -0.15) is 0 Å². The van der Waals surface area contributed by atoms with Crippen LogP contribution in [0.25, 0.3) is 0 Å². The topological polar surface area (TPSA) is 96.2 Å². The minimum absolute atomic E-state index is 0.0524. The fourth-order valence-corrected chi connectivity index (χ4v) is 3.21. The molecule has 0 aliphatic heterocycles. The van der Waals surface area contributed by atoms with Gasteiger partial charge in [-0.1, -0.05) is 49.4 Å². The molecule has 0 radical (unpaired) electrons. The number of aromatic amines is 1. The third kappa shape index (κ3) is 4.55. The molecule has 0 saturated carbocycles. The first-order chi connectivity index (χ1) is 13.9. The molecule has 1 aromatic heterocycles. The third-order valence-corrected chi connectivity index (χ3v) is 5.00. The average molecular weight is 410 g/mol. The Balaban J connectivity index is 1.92. The van der Waals surface area contributed by atoms with Crippen molar-refractivity contribution in [2.24, 2.45) is 0 Å². The lowest BCUT2D eigenvalue weighted by Crippen LogP contribution is -2.40. The van der Waals surface area contributed by atoms with Crippen LogP contribution in [0.15, 0.2) is 64.2 Å². The lowest BCUT2D eigenvalue weighted by atomic mass is 10.1. The molecule has 0 amide bonds. The number of nitrogen functional groups attached to an aromatic ring is 1. The minimum Gasteiger partial charge on any atom is -0.383 e. The van der Waals surface area contributed by atoms with Crippen LogP contribution in [0.1, 0.15) is 18.1 Å². The molecule has 3 rings (SSSR count). The number of aryl methyl sites for hydroxylation is 1. The predicted octanol–water partition coefficient (Wildman–Crippen LogP) is 2.56. The first-order valence-corrected chi connectivity index (χ1v) is 9.61. The van der Waals surface area contributed by atoms with Crippen molar-refractivity contribution in [1.29, 1.82) is 0 Å². The second-order valence-corrected chi connectivity index (χ2v) is 6.99. The van der Waals surface area contributed by atoms with Crippen LogP contribution in [-0.4, -0.2) is 21.7 Å². The first kappa shape index (κ1) is 20.3. The summed E-state index contributed by atoms with van der Waals surface area (Å²) in [6.45, 7) is 2.31. The third-order valence-electron chi connectivity index (χ3n) is 4.62. The molecule has 1 heterocycles. The van der Waals surface area contributed by atoms with E-state index in [4.69, 9.17) is 18.0 Å². The molecule has 8 heteroatoms. The number of nitrogens with one attached hydrogen (secondary N) is 2. The molecule has 29 heavy (non-hydrogen) atoms. The zero-order valence-electron chi connectivity index (χ0n) is 16.3. The van der Waals surface area contributed by atoms with Gasteiger partial charge in [0, 0.05) is 12.7 Å². The van der Waals surface area contributed by atoms with Crippen LogP contribution in [0.2, 0.25) is 0 Å². The summed E-state index contributed by atoms with van der Waals surface area (Å²) in [5.41, 5.74) is 8.04. The zero-order valence-corrected chi connectivity index (χ0v) is 17.1. The number of rotatable bonds is 5. The van der Waals surface area contributed by atoms with Gasteiger partial charge in [-0.3, -0.25) is 14.3 Å². The summed E-state index contributed by atoms with van der Waals surface area (Å²) < 4.78 is 1.32. The predicted molar refractivity (Wildman–Crippen MR) is 122 cm³/mol. The van der Waals surface area contributed by atoms with Gasteiger partial charge in [0.25, 0.3) is 5.56 Å². The maximum Gasteiger partial charge on any atom is 0.330 e. The highest BCUT2D eigenvalue weighted by atomic mass is 32.1. The molecule has 0 aliphatic rings. The van der Waals surface area contributed by atoms with Crippen LogP contribution in [0, 0.1) is 0 Å². The number of thiocarbonyl (C=S) groups is 1. The maximum atomic E-state index is 12.5. The van der Waals surface area contributed by atoms with Crippen LogP contribution in [0.4, 0.5) is 17.2 Å². The number of nitrogens with two attached hydrogens (primary N) is 1. The zero-order chi connectivity index (χ0) is 21.0. The van der Waals surface area contributed by atoms with Gasteiger partial charge in [-0.15, -0.1) is 0 Å². The van der Waals surface area contributed by atoms with Crippen molar-refractivity contribution in [3.63, 3.8) is 0 Å². The molecule has 0 atom stereocenters. The van der Waals surface area contributed by atoms with Gasteiger partial charge in [0.05, 0.1) is 6.54 Å². The summed E-state index contributed by atoms with van der Waals surface area (Å²) >= 11 is 5.46. The van der Waals surface area contributed by atoms with Crippen LogP contribution in [0.3, 0.4) is 0 Å². The second kappa shape index (κ2) is 8.74. The highest BCUT2D eigenvalue weighted by Crippen LogP contribution is 2.18. The van der Waals surface area contributed by atoms with Gasteiger partial charge in [0.15, 0.2) is 10.8 Å². The molecule has 7 nitrogen and oxygen atoms in total. The van der Waals surface area contributed by atoms with Gasteiger partial charge in [-0.25, -0.2) is 4.79 Å². The van der Waals surface area contributed by atoms with Crippen LogP contribution in [0.5, 0.6) is 0 Å². The second-order valence-electron chi connectivity index (χ2n) is 6.61. The Morgan fingerprint density at radius 2 is 1.83 bits per heavy atom. The van der Waals surface area contributed by atoms with Crippen molar-refractivity contribution >= 4 is 34.5 Å². The highest BCUT2D eigenvalue weighted by Gasteiger charge is 2.19. The van der Waals surface area contributed by atoms with Crippen molar-refractivity contribution in [2.45, 2.75) is 19.9 Å². The number of H-pyrrole nitrogens is 1. The van der Waals surface area contributed by atoms with Gasteiger partial charge in [0.1, 0.15) is 5.82 Å². The maximum absolute atomic E-state index is 12.5. The standard InChI is InChI=1S/C21H23N5O2S/c1-3-14-10-7-11-16(12-14)23-21(29)25(2)17-18(22)26(20(28)24-19(17)27)13-15-8-5-4-6-9-15/h4-12H,3,13,22H2,1-2H3,(H,23,29)(H,24,27,28). The molecular formula is C21H23N5O2S. The monoisotopic (exact) mass is 409 g/mol. The summed E-state index contributed by atoms with van der Waals surface area (Å²) in [5, 5.41) is 3.41. The van der Waals surface area contributed by atoms with E-state index in [9.17, 15) is 9.59 Å². The van der Waals surface area contributed by atoms with E-state index in [-0.39, 0.29) is 18.1 Å². The SMILES string of the molecule is CCc1cccc(NC(=S)N(C)c2c(N)n(Cc3ccccc3)c(=O)[nH]c2=O)c1. The number of benzene rings is 2. The molecular weight excluding hydrogens is 386 g/mol. The summed E-state index contributed by atoms with van der Waals surface area (Å²) in [7, 11) is 1.64. The summed E-state index contributed by atoms with van der Waals surface area (Å²) in [5.74, 6) is 0.0524. The largest absolute Gasteiger partial charge is 0.383 e. The molecule has 0 bridgehead atoms. The minimum atomic E-state index is -0.592. The van der Waals surface area contributed by atoms with Gasteiger partial charge < -0.3 is 16.0 Å². The van der Waals surface area contributed by atoms with E-state index < -0.39 is 11.2 Å². The van der Waals surface area contributed by atoms with E-state index in [1.807, 2.05) is 54.6 Å². The van der Waals surface area contributed by atoms with Crippen LogP contribution >= 0.6 is 12.2 Å². The fourth-order valence-electron chi connectivity index (χ4n) is 3.00. The Morgan fingerprint density at radius 3 is 2.52 bits per heavy atom. The summed E-state index contributed by atoms with van der Waals surface area (Å²) in [6, 6.07) is 17.2. The smallest absolute Gasteiger partial charge is 0.330 e. The Labute approximate surface area is 173 Å². The highest BCUT2D eigenvalue weighted by molar-refractivity contribution is 7.80. The number of hydrogen-bond acceptors (Lipinski definition) is 4. The van der Waals surface area contributed by atoms with Crippen molar-refractivity contribution in [1.82, 2.24) is 9.55 Å². The number of nitrogens with zero attached hydrogens (tertiary/aromatic N) is 2. The van der Waals surface area contributed by atoms with Gasteiger partial charge >= 0.3 is 5.69 Å². The van der Waals surface area contributed by atoms with Crippen molar-refractivity contribution in [3.05, 3.63) is 86.6 Å². The first-order valence-electron chi connectivity index (χ1n) is 9.21. The van der Waals surface area contributed by atoms with E-state index in [0.717, 1.165) is 23.2 Å². The van der Waals surface area contributed by atoms with Crippen molar-refractivity contribution < 1.29 is 0 Å². The molecule has 150 valence electrons. The van der Waals surface area contributed by atoms with Gasteiger partial charge in [-0.05, 0) is 41.9 Å². The van der Waals surface area contributed by atoms with Crippen molar-refractivity contribution in [3.8, 4) is 0 Å². The van der Waals surface area contributed by atoms with E-state index in [1.54, 1.807) is 7.05 Å². The van der Waals surface area contributed by atoms with E-state index in [2.05, 4.69) is 17.2 Å². The normalized spacial score (nSPS) is 10.6. The molecule has 0 unspecified atom stereocenters. The van der Waals surface area contributed by atoms with Crippen molar-refractivity contribution in [2.75, 3.05) is 23.0 Å². The summed E-state index contributed by atoms with van der Waals surface area (Å²) in [4.78, 5) is 28.6. The molecule has 0 fully saturated rings. The Kier molecular flexibility index (Phi) is 6.13. The lowest BCUT2D eigenvalue weighted by Gasteiger charge is -2.23. The molecule has 0 spiro atoms. The Hall–Kier alpha value is -3.39. The van der Waals surface area contributed by atoms with Crippen LogP contribution < -0.4 is 27.2 Å². The molecule has 4 N–H and O–H groups in total. The number of anilines is 3. The molecule has 0 saturated heterocycles. The van der Waals surface area contributed by atoms with E-state index in [0.29, 0.717) is 5.11 Å². The van der Waals surface area contributed by atoms with E-state index >= 15 is 0 Å². The average Bonchev–Trinajstić information content (AvgIpc) is 2.71. The number of hydrogen-bond donors (Lipinski definition) is 3. The Morgan fingerprint density at radius 1 is 1.14 bits per heavy atom. The molecule has 2 aromatic carbocycles. The number of aromatic nitrogens is 2. The lowest BCUT2D eigenvalue weighted by molar-refractivity contribution is 0.732. The molecule has 3 aromatic rings. The van der Waals surface area contributed by atoms with E-state index in [1.165, 1.54) is 9.47 Å². The van der Waals surface area contributed by atoms with Gasteiger partial charge in [0.2, 0.25) is 0 Å². The summed E-state index contributed by atoms with van der Waals surface area (Å²) in [6.07, 6.45) is 0.898.